The minimum absolute atomic E-state index is 0.0532. The van der Waals surface area contributed by atoms with E-state index in [1.165, 1.54) is 57.8 Å². The fourth-order valence-corrected chi connectivity index (χ4v) is 8.12. The molecule has 2 aliphatic carbocycles. The number of rotatable bonds is 13. The van der Waals surface area contributed by atoms with Crippen molar-refractivity contribution in [1.82, 2.24) is 0 Å². The maximum Gasteiger partial charge on any atom is 0.104 e. The Hall–Kier alpha value is -0.160. The van der Waals surface area contributed by atoms with Gasteiger partial charge in [0.1, 0.15) is 6.10 Å². The second-order valence-electron chi connectivity index (χ2n) is 12.9. The van der Waals surface area contributed by atoms with Crippen LogP contribution in [0.15, 0.2) is 0 Å². The molecule has 4 aliphatic rings. The van der Waals surface area contributed by atoms with Gasteiger partial charge in [-0.05, 0) is 107 Å². The van der Waals surface area contributed by atoms with Gasteiger partial charge in [-0.15, -0.1) is 0 Å². The van der Waals surface area contributed by atoms with E-state index in [1.54, 1.807) is 0 Å². The second-order valence-corrected chi connectivity index (χ2v) is 12.9. The standard InChI is InChI=1S/C31H56O4/c1-7-30(8-2,34-22-27-21-33-27)25-13-11-23(12-14-25)29(5,6)24-15-17-26(18-16-24)35-31(9-3,10-4)28-19-20-32-28/h23-28H,7-22H2,1-6H3. The summed E-state index contributed by atoms with van der Waals surface area (Å²) in [4.78, 5) is 0. The predicted molar refractivity (Wildman–Crippen MR) is 143 cm³/mol. The van der Waals surface area contributed by atoms with Crippen molar-refractivity contribution in [2.24, 2.45) is 23.2 Å². The summed E-state index contributed by atoms with van der Waals surface area (Å²) in [5, 5.41) is 0. The van der Waals surface area contributed by atoms with Crippen LogP contribution in [0.2, 0.25) is 0 Å². The molecule has 2 saturated heterocycles. The van der Waals surface area contributed by atoms with Crippen LogP contribution in [0.1, 0.15) is 125 Å². The summed E-state index contributed by atoms with van der Waals surface area (Å²) >= 11 is 0. The number of epoxide rings is 1. The van der Waals surface area contributed by atoms with Gasteiger partial charge in [-0.2, -0.15) is 0 Å². The molecule has 2 aliphatic heterocycles. The summed E-state index contributed by atoms with van der Waals surface area (Å²) in [6.45, 7) is 17.0. The molecule has 0 aromatic rings. The number of hydrogen-bond donors (Lipinski definition) is 0. The first-order valence-corrected chi connectivity index (χ1v) is 15.4. The lowest BCUT2D eigenvalue weighted by molar-refractivity contribution is -0.224. The summed E-state index contributed by atoms with van der Waals surface area (Å²) in [5.41, 5.74) is 0.428. The van der Waals surface area contributed by atoms with Crippen LogP contribution in [-0.2, 0) is 18.9 Å². The van der Waals surface area contributed by atoms with E-state index in [0.717, 1.165) is 57.3 Å². The maximum absolute atomic E-state index is 6.86. The molecule has 4 fully saturated rings. The maximum atomic E-state index is 6.86. The summed E-state index contributed by atoms with van der Waals surface area (Å²) in [6, 6.07) is 0. The quantitative estimate of drug-likeness (QED) is 0.247. The van der Waals surface area contributed by atoms with Crippen molar-refractivity contribution in [1.29, 1.82) is 0 Å². The minimum Gasteiger partial charge on any atom is -0.375 e. The van der Waals surface area contributed by atoms with Gasteiger partial charge in [0.25, 0.3) is 0 Å². The number of ether oxygens (including phenoxy) is 4. The minimum atomic E-state index is -0.0532. The van der Waals surface area contributed by atoms with E-state index in [9.17, 15) is 0 Å². The van der Waals surface area contributed by atoms with E-state index in [0.29, 0.717) is 29.6 Å². The molecule has 2 heterocycles. The molecule has 0 amide bonds. The Morgan fingerprint density at radius 3 is 1.57 bits per heavy atom. The van der Waals surface area contributed by atoms with Gasteiger partial charge in [-0.1, -0.05) is 41.5 Å². The van der Waals surface area contributed by atoms with Crippen molar-refractivity contribution in [3.05, 3.63) is 0 Å². The molecular formula is C31H56O4. The summed E-state index contributed by atoms with van der Waals surface area (Å²) < 4.78 is 24.8. The smallest absolute Gasteiger partial charge is 0.104 e. The van der Waals surface area contributed by atoms with Gasteiger partial charge in [-0.25, -0.2) is 0 Å². The van der Waals surface area contributed by atoms with Gasteiger partial charge >= 0.3 is 0 Å². The monoisotopic (exact) mass is 492 g/mol. The van der Waals surface area contributed by atoms with Gasteiger partial charge in [0.05, 0.1) is 36.6 Å². The highest BCUT2D eigenvalue weighted by Gasteiger charge is 2.47. The first-order valence-electron chi connectivity index (χ1n) is 15.4. The second kappa shape index (κ2) is 11.7. The molecule has 4 nitrogen and oxygen atoms in total. The zero-order valence-electron chi connectivity index (χ0n) is 23.9. The summed E-state index contributed by atoms with van der Waals surface area (Å²) in [6.07, 6.45) is 17.2. The SMILES string of the molecule is CCC(CC)(OCC1CO1)C1CCC(C(C)(C)C2CCC(OC(CC)(CC)C3CCO3)CC2)CC1. The van der Waals surface area contributed by atoms with Crippen LogP contribution in [0.4, 0.5) is 0 Å². The third-order valence-electron chi connectivity index (χ3n) is 11.3. The van der Waals surface area contributed by atoms with E-state index in [-0.39, 0.29) is 11.2 Å². The van der Waals surface area contributed by atoms with Gasteiger partial charge < -0.3 is 18.9 Å². The van der Waals surface area contributed by atoms with Crippen LogP contribution in [0, 0.1) is 23.2 Å². The van der Waals surface area contributed by atoms with Crippen LogP contribution in [0.3, 0.4) is 0 Å². The molecule has 0 bridgehead atoms. The number of hydrogen-bond acceptors (Lipinski definition) is 4. The van der Waals surface area contributed by atoms with Crippen molar-refractivity contribution in [2.45, 2.75) is 155 Å². The molecule has 35 heavy (non-hydrogen) atoms. The zero-order valence-corrected chi connectivity index (χ0v) is 23.9. The zero-order chi connectivity index (χ0) is 25.1. The van der Waals surface area contributed by atoms with Gasteiger partial charge in [0, 0.05) is 6.61 Å². The third-order valence-corrected chi connectivity index (χ3v) is 11.3. The Bertz CT molecular complexity index is 628. The molecule has 0 aromatic carbocycles. The van der Waals surface area contributed by atoms with Gasteiger partial charge in [-0.3, -0.25) is 0 Å². The van der Waals surface area contributed by atoms with E-state index >= 15 is 0 Å². The topological polar surface area (TPSA) is 40.2 Å². The van der Waals surface area contributed by atoms with Crippen LogP contribution in [0.5, 0.6) is 0 Å². The Morgan fingerprint density at radius 2 is 1.14 bits per heavy atom. The molecule has 2 saturated carbocycles. The van der Waals surface area contributed by atoms with Crippen molar-refractivity contribution in [2.75, 3.05) is 19.8 Å². The van der Waals surface area contributed by atoms with Crippen LogP contribution < -0.4 is 0 Å². The average molecular weight is 493 g/mol. The van der Waals surface area contributed by atoms with Crippen molar-refractivity contribution < 1.29 is 18.9 Å². The molecule has 4 heteroatoms. The van der Waals surface area contributed by atoms with E-state index in [4.69, 9.17) is 18.9 Å². The van der Waals surface area contributed by atoms with E-state index in [2.05, 4.69) is 41.5 Å². The Morgan fingerprint density at radius 1 is 0.657 bits per heavy atom. The summed E-state index contributed by atoms with van der Waals surface area (Å²) in [5.74, 6) is 2.37. The highest BCUT2D eigenvalue weighted by molar-refractivity contribution is 4.97. The van der Waals surface area contributed by atoms with Crippen LogP contribution in [-0.4, -0.2) is 49.3 Å². The molecule has 0 radical (unpaired) electrons. The van der Waals surface area contributed by atoms with Crippen molar-refractivity contribution >= 4 is 0 Å². The third kappa shape index (κ3) is 5.96. The summed E-state index contributed by atoms with van der Waals surface area (Å²) in [7, 11) is 0. The normalized spacial score (nSPS) is 34.5. The van der Waals surface area contributed by atoms with E-state index in [1.807, 2.05) is 0 Å². The van der Waals surface area contributed by atoms with Crippen LogP contribution in [0.25, 0.3) is 0 Å². The molecular weight excluding hydrogens is 436 g/mol. The van der Waals surface area contributed by atoms with Crippen LogP contribution >= 0.6 is 0 Å². The molecule has 2 atom stereocenters. The molecule has 204 valence electrons. The average Bonchev–Trinajstić information content (AvgIpc) is 3.69. The molecule has 4 rings (SSSR count). The fourth-order valence-electron chi connectivity index (χ4n) is 8.12. The molecule has 2 unspecified atom stereocenters. The van der Waals surface area contributed by atoms with Gasteiger partial charge in [0.2, 0.25) is 0 Å². The molecule has 0 aromatic heterocycles. The van der Waals surface area contributed by atoms with Crippen molar-refractivity contribution in [3.8, 4) is 0 Å². The fraction of sp³-hybridized carbons (Fsp3) is 1.00. The highest BCUT2D eigenvalue weighted by atomic mass is 16.6. The lowest BCUT2D eigenvalue weighted by Gasteiger charge is -2.50. The Balaban J connectivity index is 1.28. The largest absolute Gasteiger partial charge is 0.375 e. The lowest BCUT2D eigenvalue weighted by Crippen LogP contribution is -2.53. The van der Waals surface area contributed by atoms with Crippen molar-refractivity contribution in [3.63, 3.8) is 0 Å². The first kappa shape index (κ1) is 27.9. The van der Waals surface area contributed by atoms with Gasteiger partial charge in [0.15, 0.2) is 0 Å². The highest BCUT2D eigenvalue weighted by Crippen LogP contribution is 2.52. The molecule has 0 N–H and O–H groups in total. The Labute approximate surface area is 216 Å². The lowest BCUT2D eigenvalue weighted by atomic mass is 9.58. The predicted octanol–water partition coefficient (Wildman–Crippen LogP) is 7.72. The van der Waals surface area contributed by atoms with E-state index < -0.39 is 0 Å². The first-order chi connectivity index (χ1) is 16.8. The molecule has 0 spiro atoms. The Kier molecular flexibility index (Phi) is 9.32.